The predicted octanol–water partition coefficient (Wildman–Crippen LogP) is 2.62. The van der Waals surface area contributed by atoms with Crippen LogP contribution in [-0.4, -0.2) is 38.7 Å². The molecule has 1 N–H and O–H groups in total. The summed E-state index contributed by atoms with van der Waals surface area (Å²) in [5, 5.41) is 7.22. The number of hydrogen-bond donors (Lipinski definition) is 1. The van der Waals surface area contributed by atoms with Crippen LogP contribution >= 0.6 is 12.2 Å². The molecule has 1 saturated heterocycles. The maximum absolute atomic E-state index is 12.6. The Bertz CT molecular complexity index is 624. The molecule has 0 radical (unpaired) electrons. The van der Waals surface area contributed by atoms with Crippen LogP contribution in [-0.2, 0) is 11.8 Å². The molecule has 1 amide bonds. The van der Waals surface area contributed by atoms with Gasteiger partial charge in [0.1, 0.15) is 5.82 Å². The lowest BCUT2D eigenvalue weighted by Crippen LogP contribution is -2.39. The Labute approximate surface area is 136 Å². The van der Waals surface area contributed by atoms with E-state index < -0.39 is 0 Å². The fraction of sp³-hybridized carbons (Fsp3) is 0.812. The molecule has 6 heteroatoms. The third-order valence-corrected chi connectivity index (χ3v) is 6.36. The first-order valence-electron chi connectivity index (χ1n) is 8.55. The number of likely N-dealkylation sites (tertiary alicyclic amines) is 1. The summed E-state index contributed by atoms with van der Waals surface area (Å²) in [5.74, 6) is 3.80. The van der Waals surface area contributed by atoms with Gasteiger partial charge in [0.15, 0.2) is 4.77 Å². The summed E-state index contributed by atoms with van der Waals surface area (Å²) in [7, 11) is 1.96. The Morgan fingerprint density at radius 2 is 2.00 bits per heavy atom. The van der Waals surface area contributed by atoms with Crippen LogP contribution < -0.4 is 0 Å². The molecule has 22 heavy (non-hydrogen) atoms. The van der Waals surface area contributed by atoms with Crippen LogP contribution in [0.25, 0.3) is 0 Å². The van der Waals surface area contributed by atoms with E-state index >= 15 is 0 Å². The largest absolute Gasteiger partial charge is 0.342 e. The van der Waals surface area contributed by atoms with E-state index in [1.807, 2.05) is 11.6 Å². The van der Waals surface area contributed by atoms with Gasteiger partial charge in [-0.2, -0.15) is 5.10 Å². The van der Waals surface area contributed by atoms with Crippen molar-refractivity contribution in [3.63, 3.8) is 0 Å². The lowest BCUT2D eigenvalue weighted by Gasteiger charge is -2.32. The van der Waals surface area contributed by atoms with E-state index in [1.165, 1.54) is 19.3 Å². The van der Waals surface area contributed by atoms with E-state index in [0.717, 1.165) is 44.1 Å². The van der Waals surface area contributed by atoms with Gasteiger partial charge in [0.2, 0.25) is 5.91 Å². The second-order valence-electron chi connectivity index (χ2n) is 7.24. The molecule has 120 valence electrons. The van der Waals surface area contributed by atoms with Gasteiger partial charge in [-0.05, 0) is 43.3 Å². The number of nitrogens with one attached hydrogen (secondary N) is 1. The Morgan fingerprint density at radius 1 is 1.27 bits per heavy atom. The second-order valence-corrected chi connectivity index (χ2v) is 7.63. The molecular formula is C16H24N4OS. The fourth-order valence-electron chi connectivity index (χ4n) is 4.20. The van der Waals surface area contributed by atoms with Crippen LogP contribution in [0.15, 0.2) is 0 Å². The Balaban J connectivity index is 1.33. The van der Waals surface area contributed by atoms with E-state index in [0.29, 0.717) is 28.4 Å². The minimum absolute atomic E-state index is 0.350. The molecule has 3 aliphatic rings. The SMILES string of the molecule is Cn1c(C2CCN(C(=O)[C@@H]3C[C@@H]3C3CCC3)CC2)n[nH]c1=S. The highest BCUT2D eigenvalue weighted by Gasteiger charge is 2.50. The highest BCUT2D eigenvalue weighted by Crippen LogP contribution is 2.52. The minimum atomic E-state index is 0.350. The Morgan fingerprint density at radius 3 is 2.55 bits per heavy atom. The third kappa shape index (κ3) is 2.41. The monoisotopic (exact) mass is 320 g/mol. The first kappa shape index (κ1) is 14.4. The minimum Gasteiger partial charge on any atom is -0.342 e. The van der Waals surface area contributed by atoms with Crippen LogP contribution in [0.3, 0.4) is 0 Å². The van der Waals surface area contributed by atoms with Gasteiger partial charge in [-0.25, -0.2) is 0 Å². The molecule has 2 atom stereocenters. The summed E-state index contributed by atoms with van der Waals surface area (Å²) in [4.78, 5) is 14.7. The van der Waals surface area contributed by atoms with Crippen LogP contribution in [0.2, 0.25) is 0 Å². The van der Waals surface area contributed by atoms with E-state index in [9.17, 15) is 4.79 Å². The van der Waals surface area contributed by atoms with E-state index in [1.54, 1.807) is 0 Å². The number of amides is 1. The molecule has 1 aromatic heterocycles. The first-order chi connectivity index (χ1) is 10.6. The van der Waals surface area contributed by atoms with Crippen molar-refractivity contribution in [2.75, 3.05) is 13.1 Å². The molecule has 5 nitrogen and oxygen atoms in total. The molecule has 1 aliphatic heterocycles. The van der Waals surface area contributed by atoms with Crippen molar-refractivity contribution < 1.29 is 4.79 Å². The number of carbonyl (C=O) groups is 1. The molecule has 0 unspecified atom stereocenters. The Kier molecular flexibility index (Phi) is 3.59. The number of rotatable bonds is 3. The fourth-order valence-corrected chi connectivity index (χ4v) is 4.34. The van der Waals surface area contributed by atoms with Crippen molar-refractivity contribution in [1.82, 2.24) is 19.7 Å². The smallest absolute Gasteiger partial charge is 0.225 e. The highest BCUT2D eigenvalue weighted by molar-refractivity contribution is 7.71. The second kappa shape index (κ2) is 5.48. The topological polar surface area (TPSA) is 53.9 Å². The van der Waals surface area contributed by atoms with Crippen molar-refractivity contribution in [1.29, 1.82) is 0 Å². The summed E-state index contributed by atoms with van der Waals surface area (Å²) in [6.45, 7) is 1.74. The van der Waals surface area contributed by atoms with Crippen LogP contribution in [0, 0.1) is 22.5 Å². The van der Waals surface area contributed by atoms with Gasteiger partial charge in [-0.1, -0.05) is 19.3 Å². The van der Waals surface area contributed by atoms with Crippen molar-refractivity contribution >= 4 is 18.1 Å². The van der Waals surface area contributed by atoms with Gasteiger partial charge in [-0.15, -0.1) is 0 Å². The van der Waals surface area contributed by atoms with Crippen LogP contribution in [0.5, 0.6) is 0 Å². The summed E-state index contributed by atoms with van der Waals surface area (Å²) >= 11 is 5.19. The number of aromatic nitrogens is 3. The van der Waals surface area contributed by atoms with E-state index in [4.69, 9.17) is 12.2 Å². The molecule has 2 saturated carbocycles. The average molecular weight is 320 g/mol. The van der Waals surface area contributed by atoms with Gasteiger partial charge >= 0.3 is 0 Å². The van der Waals surface area contributed by atoms with Crippen LogP contribution in [0.1, 0.15) is 50.3 Å². The van der Waals surface area contributed by atoms with Crippen molar-refractivity contribution in [2.45, 2.75) is 44.4 Å². The van der Waals surface area contributed by atoms with Gasteiger partial charge in [0.05, 0.1) is 0 Å². The molecule has 4 rings (SSSR count). The van der Waals surface area contributed by atoms with Gasteiger partial charge < -0.3 is 9.47 Å². The van der Waals surface area contributed by atoms with Crippen molar-refractivity contribution in [2.24, 2.45) is 24.8 Å². The number of hydrogen-bond acceptors (Lipinski definition) is 3. The van der Waals surface area contributed by atoms with Crippen molar-refractivity contribution in [3.05, 3.63) is 10.6 Å². The summed E-state index contributed by atoms with van der Waals surface area (Å²) in [5.41, 5.74) is 0. The quantitative estimate of drug-likeness (QED) is 0.871. The summed E-state index contributed by atoms with van der Waals surface area (Å²) in [6.07, 6.45) is 7.24. The third-order valence-electron chi connectivity index (χ3n) is 6.00. The zero-order chi connectivity index (χ0) is 15.3. The molecule has 0 bridgehead atoms. The molecule has 0 aromatic carbocycles. The predicted molar refractivity (Wildman–Crippen MR) is 85.9 cm³/mol. The summed E-state index contributed by atoms with van der Waals surface area (Å²) < 4.78 is 2.64. The standard InChI is InChI=1S/C16H24N4OS/c1-19-14(17-18-16(19)22)11-5-7-20(8-6-11)15(21)13-9-12(13)10-3-2-4-10/h10-13H,2-9H2,1H3,(H,18,22)/t12-,13-/m1/s1. The van der Waals surface area contributed by atoms with Gasteiger partial charge in [0, 0.05) is 32.0 Å². The molecule has 2 aliphatic carbocycles. The molecule has 1 aromatic rings. The highest BCUT2D eigenvalue weighted by atomic mass is 32.1. The number of piperidine rings is 1. The number of carbonyl (C=O) groups excluding carboxylic acids is 1. The maximum Gasteiger partial charge on any atom is 0.225 e. The lowest BCUT2D eigenvalue weighted by atomic mass is 9.81. The number of nitrogens with zero attached hydrogens (tertiary/aromatic N) is 3. The van der Waals surface area contributed by atoms with Crippen LogP contribution in [0.4, 0.5) is 0 Å². The zero-order valence-electron chi connectivity index (χ0n) is 13.1. The lowest BCUT2D eigenvalue weighted by molar-refractivity contribution is -0.134. The van der Waals surface area contributed by atoms with E-state index in [2.05, 4.69) is 15.1 Å². The van der Waals surface area contributed by atoms with Crippen molar-refractivity contribution in [3.8, 4) is 0 Å². The number of aromatic amines is 1. The average Bonchev–Trinajstić information content (AvgIpc) is 3.17. The molecule has 3 fully saturated rings. The molecule has 0 spiro atoms. The van der Waals surface area contributed by atoms with Gasteiger partial charge in [0.25, 0.3) is 0 Å². The normalized spacial score (nSPS) is 29.4. The summed E-state index contributed by atoms with van der Waals surface area (Å²) in [6, 6.07) is 0. The molecular weight excluding hydrogens is 296 g/mol. The number of H-pyrrole nitrogens is 1. The first-order valence-corrected chi connectivity index (χ1v) is 8.96. The van der Waals surface area contributed by atoms with E-state index in [-0.39, 0.29) is 0 Å². The Hall–Kier alpha value is -1.17. The van der Waals surface area contributed by atoms with Gasteiger partial charge in [-0.3, -0.25) is 9.89 Å². The zero-order valence-corrected chi connectivity index (χ0v) is 13.9. The molecule has 2 heterocycles. The maximum atomic E-state index is 12.6.